The predicted octanol–water partition coefficient (Wildman–Crippen LogP) is 0.101. The zero-order valence-corrected chi connectivity index (χ0v) is 10.7. The van der Waals surface area contributed by atoms with Crippen molar-refractivity contribution in [3.05, 3.63) is 18.2 Å². The molecule has 0 radical (unpaired) electrons. The van der Waals surface area contributed by atoms with E-state index in [-0.39, 0.29) is 22.6 Å². The summed E-state index contributed by atoms with van der Waals surface area (Å²) in [6.07, 6.45) is 2.00. The van der Waals surface area contributed by atoms with E-state index in [2.05, 4.69) is 5.32 Å². The van der Waals surface area contributed by atoms with Crippen molar-refractivity contribution in [2.75, 3.05) is 24.2 Å². The SMILES string of the molecule is Nc1cc(NCC2(CO)CC2)ccc1S(N)(=O)=O. The van der Waals surface area contributed by atoms with Gasteiger partial charge in [0, 0.05) is 17.6 Å². The third-order valence-electron chi connectivity index (χ3n) is 3.28. The Morgan fingerprint density at radius 2 is 2.06 bits per heavy atom. The van der Waals surface area contributed by atoms with Crippen LogP contribution in [0.15, 0.2) is 23.1 Å². The molecular formula is C11H17N3O3S. The number of nitrogens with one attached hydrogen (secondary N) is 1. The smallest absolute Gasteiger partial charge is 0.240 e. The van der Waals surface area contributed by atoms with Gasteiger partial charge in [0.15, 0.2) is 0 Å². The first-order chi connectivity index (χ1) is 8.36. The van der Waals surface area contributed by atoms with Crippen LogP contribution >= 0.6 is 0 Å². The standard InChI is InChI=1S/C11H17N3O3S/c12-9-5-8(1-2-10(9)18(13,16)17)14-6-11(7-15)3-4-11/h1-2,5,14-15H,3-4,6-7,12H2,(H2,13,16,17). The molecule has 1 saturated carbocycles. The van der Waals surface area contributed by atoms with E-state index in [0.717, 1.165) is 18.5 Å². The molecule has 18 heavy (non-hydrogen) atoms. The van der Waals surface area contributed by atoms with E-state index in [4.69, 9.17) is 10.9 Å². The lowest BCUT2D eigenvalue weighted by atomic mass is 10.1. The summed E-state index contributed by atoms with van der Waals surface area (Å²) in [5.74, 6) is 0. The molecule has 0 bridgehead atoms. The third kappa shape index (κ3) is 2.74. The lowest BCUT2D eigenvalue weighted by Gasteiger charge is -2.14. The van der Waals surface area contributed by atoms with Gasteiger partial charge in [-0.1, -0.05) is 0 Å². The quantitative estimate of drug-likeness (QED) is 0.566. The van der Waals surface area contributed by atoms with E-state index in [1.807, 2.05) is 0 Å². The molecule has 100 valence electrons. The number of benzene rings is 1. The van der Waals surface area contributed by atoms with Crippen LogP contribution in [0, 0.1) is 5.41 Å². The second kappa shape index (κ2) is 4.42. The van der Waals surface area contributed by atoms with Crippen LogP contribution in [0.5, 0.6) is 0 Å². The minimum absolute atomic E-state index is 0.0205. The van der Waals surface area contributed by atoms with Crippen molar-refractivity contribution in [1.29, 1.82) is 0 Å². The fourth-order valence-corrected chi connectivity index (χ4v) is 2.42. The van der Waals surface area contributed by atoms with Gasteiger partial charge < -0.3 is 16.2 Å². The summed E-state index contributed by atoms with van der Waals surface area (Å²) in [6, 6.07) is 4.53. The summed E-state index contributed by atoms with van der Waals surface area (Å²) in [5.41, 5.74) is 6.47. The maximum Gasteiger partial charge on any atom is 0.240 e. The van der Waals surface area contributed by atoms with E-state index in [1.54, 1.807) is 6.07 Å². The van der Waals surface area contributed by atoms with E-state index in [1.165, 1.54) is 12.1 Å². The monoisotopic (exact) mass is 271 g/mol. The molecule has 0 spiro atoms. The Hall–Kier alpha value is -1.31. The van der Waals surface area contributed by atoms with E-state index >= 15 is 0 Å². The highest BCUT2D eigenvalue weighted by Crippen LogP contribution is 2.45. The first-order valence-electron chi connectivity index (χ1n) is 5.63. The average Bonchev–Trinajstić information content (AvgIpc) is 3.05. The Kier molecular flexibility index (Phi) is 3.22. The molecule has 6 nitrogen and oxygen atoms in total. The number of anilines is 2. The highest BCUT2D eigenvalue weighted by atomic mass is 32.2. The zero-order valence-electron chi connectivity index (χ0n) is 9.89. The van der Waals surface area contributed by atoms with Gasteiger partial charge in [-0.25, -0.2) is 13.6 Å². The van der Waals surface area contributed by atoms with E-state index < -0.39 is 10.0 Å². The number of aliphatic hydroxyl groups is 1. The molecule has 0 aliphatic heterocycles. The lowest BCUT2D eigenvalue weighted by Crippen LogP contribution is -2.19. The molecule has 1 fully saturated rings. The van der Waals surface area contributed by atoms with Crippen molar-refractivity contribution >= 4 is 21.4 Å². The molecule has 2 rings (SSSR count). The lowest BCUT2D eigenvalue weighted by molar-refractivity contribution is 0.220. The normalized spacial score (nSPS) is 17.4. The zero-order chi connectivity index (χ0) is 13.4. The molecule has 0 unspecified atom stereocenters. The number of rotatable bonds is 5. The highest BCUT2D eigenvalue weighted by Gasteiger charge is 2.41. The molecular weight excluding hydrogens is 254 g/mol. The second-order valence-electron chi connectivity index (χ2n) is 4.81. The van der Waals surface area contributed by atoms with Gasteiger partial charge in [0.25, 0.3) is 0 Å². The molecule has 0 atom stereocenters. The van der Waals surface area contributed by atoms with Gasteiger partial charge in [-0.2, -0.15) is 0 Å². The summed E-state index contributed by atoms with van der Waals surface area (Å²) >= 11 is 0. The van der Waals surface area contributed by atoms with Gasteiger partial charge in [-0.3, -0.25) is 0 Å². The first-order valence-corrected chi connectivity index (χ1v) is 7.18. The largest absolute Gasteiger partial charge is 0.398 e. The Labute approximate surface area is 106 Å². The average molecular weight is 271 g/mol. The van der Waals surface area contributed by atoms with Crippen LogP contribution in [0.2, 0.25) is 0 Å². The first kappa shape index (κ1) is 13.1. The van der Waals surface area contributed by atoms with Crippen LogP contribution in [0.25, 0.3) is 0 Å². The van der Waals surface area contributed by atoms with Crippen molar-refractivity contribution in [3.63, 3.8) is 0 Å². The van der Waals surface area contributed by atoms with Crippen molar-refractivity contribution in [3.8, 4) is 0 Å². The maximum absolute atomic E-state index is 11.2. The molecule has 1 aromatic rings. The van der Waals surface area contributed by atoms with Gasteiger partial charge in [0.2, 0.25) is 10.0 Å². The van der Waals surface area contributed by atoms with Crippen LogP contribution < -0.4 is 16.2 Å². The number of nitrogen functional groups attached to an aromatic ring is 1. The molecule has 1 aliphatic rings. The Balaban J connectivity index is 2.10. The third-order valence-corrected chi connectivity index (χ3v) is 4.26. The summed E-state index contributed by atoms with van der Waals surface area (Å²) in [7, 11) is -3.78. The van der Waals surface area contributed by atoms with Crippen molar-refractivity contribution < 1.29 is 13.5 Å². The molecule has 1 aromatic carbocycles. The summed E-state index contributed by atoms with van der Waals surface area (Å²) in [4.78, 5) is -0.0728. The Morgan fingerprint density at radius 3 is 2.50 bits per heavy atom. The summed E-state index contributed by atoms with van der Waals surface area (Å²) in [6.45, 7) is 0.808. The minimum atomic E-state index is -3.78. The second-order valence-corrected chi connectivity index (χ2v) is 6.34. The molecule has 0 heterocycles. The minimum Gasteiger partial charge on any atom is -0.398 e. The Morgan fingerprint density at radius 1 is 1.39 bits per heavy atom. The summed E-state index contributed by atoms with van der Waals surface area (Å²) in [5, 5.41) is 17.3. The van der Waals surface area contributed by atoms with Crippen LogP contribution in [-0.2, 0) is 10.0 Å². The van der Waals surface area contributed by atoms with Crippen LogP contribution in [0.3, 0.4) is 0 Å². The van der Waals surface area contributed by atoms with Crippen molar-refractivity contribution in [2.45, 2.75) is 17.7 Å². The molecule has 6 N–H and O–H groups in total. The summed E-state index contributed by atoms with van der Waals surface area (Å²) < 4.78 is 22.4. The van der Waals surface area contributed by atoms with Gasteiger partial charge in [-0.05, 0) is 31.0 Å². The number of hydrogen-bond donors (Lipinski definition) is 4. The topological polar surface area (TPSA) is 118 Å². The molecule has 7 heteroatoms. The van der Waals surface area contributed by atoms with Crippen LogP contribution in [0.1, 0.15) is 12.8 Å². The molecule has 0 saturated heterocycles. The number of primary sulfonamides is 1. The van der Waals surface area contributed by atoms with Gasteiger partial charge in [0.1, 0.15) is 4.90 Å². The van der Waals surface area contributed by atoms with Crippen molar-refractivity contribution in [2.24, 2.45) is 10.6 Å². The maximum atomic E-state index is 11.2. The highest BCUT2D eigenvalue weighted by molar-refractivity contribution is 7.89. The van der Waals surface area contributed by atoms with Crippen LogP contribution in [-0.4, -0.2) is 26.7 Å². The Bertz CT molecular complexity index is 553. The number of nitrogens with two attached hydrogens (primary N) is 2. The number of aliphatic hydroxyl groups excluding tert-OH is 1. The predicted molar refractivity (Wildman–Crippen MR) is 69.5 cm³/mol. The van der Waals surface area contributed by atoms with Gasteiger partial charge >= 0.3 is 0 Å². The number of hydrogen-bond acceptors (Lipinski definition) is 5. The fraction of sp³-hybridized carbons (Fsp3) is 0.455. The van der Waals surface area contributed by atoms with Crippen molar-refractivity contribution in [1.82, 2.24) is 0 Å². The molecule has 0 amide bonds. The van der Waals surface area contributed by atoms with Gasteiger partial charge in [0.05, 0.1) is 12.3 Å². The molecule has 0 aromatic heterocycles. The van der Waals surface area contributed by atoms with Crippen LogP contribution in [0.4, 0.5) is 11.4 Å². The number of sulfonamides is 1. The van der Waals surface area contributed by atoms with Gasteiger partial charge in [-0.15, -0.1) is 0 Å². The van der Waals surface area contributed by atoms with E-state index in [9.17, 15) is 13.5 Å². The fourth-order valence-electron chi connectivity index (χ4n) is 1.77. The van der Waals surface area contributed by atoms with E-state index in [0.29, 0.717) is 6.54 Å². The molecule has 1 aliphatic carbocycles.